The van der Waals surface area contributed by atoms with E-state index in [0.29, 0.717) is 6.07 Å². The van der Waals surface area contributed by atoms with Gasteiger partial charge in [0.2, 0.25) is 11.8 Å². The lowest BCUT2D eigenvalue weighted by molar-refractivity contribution is -0.126. The smallest absolute Gasteiger partial charge is 0.240 e. The summed E-state index contributed by atoms with van der Waals surface area (Å²) in [5, 5.41) is 2.29. The molecule has 0 aliphatic heterocycles. The Bertz CT molecular complexity index is 538. The quantitative estimate of drug-likeness (QED) is 0.762. The molecule has 0 aliphatic rings. The number of nitrogens with two attached hydrogens (primary N) is 1. The molecule has 1 aromatic rings. The standard InChI is InChI=1S/C13H12F2N2O2/c1-2-3-11(13(16)19)17-12(18)6-8-4-5-9(14)7-10(8)15/h1,4-5,7,11H,3,6H2,(H2,16,19)(H,17,18)/t11-/m1/s1. The van der Waals surface area contributed by atoms with Crippen molar-refractivity contribution in [1.29, 1.82) is 0 Å². The number of rotatable bonds is 5. The molecule has 0 heterocycles. The fourth-order valence-corrected chi connectivity index (χ4v) is 1.42. The lowest BCUT2D eigenvalue weighted by Crippen LogP contribution is -2.44. The molecule has 19 heavy (non-hydrogen) atoms. The molecule has 0 aliphatic carbocycles. The van der Waals surface area contributed by atoms with Gasteiger partial charge in [0.15, 0.2) is 0 Å². The van der Waals surface area contributed by atoms with Gasteiger partial charge in [-0.3, -0.25) is 9.59 Å². The van der Waals surface area contributed by atoms with E-state index in [1.165, 1.54) is 0 Å². The first-order chi connectivity index (χ1) is 8.93. The first kappa shape index (κ1) is 14.6. The highest BCUT2D eigenvalue weighted by molar-refractivity contribution is 5.87. The highest BCUT2D eigenvalue weighted by Crippen LogP contribution is 2.10. The molecule has 3 N–H and O–H groups in total. The molecule has 6 heteroatoms. The van der Waals surface area contributed by atoms with Crippen LogP contribution in [0.5, 0.6) is 0 Å². The van der Waals surface area contributed by atoms with Crippen LogP contribution in [0.25, 0.3) is 0 Å². The maximum absolute atomic E-state index is 13.3. The lowest BCUT2D eigenvalue weighted by Gasteiger charge is -2.12. The van der Waals surface area contributed by atoms with Crippen LogP contribution >= 0.6 is 0 Å². The molecular formula is C13H12F2N2O2. The second-order valence-corrected chi connectivity index (χ2v) is 3.84. The van der Waals surface area contributed by atoms with Gasteiger partial charge < -0.3 is 11.1 Å². The zero-order valence-electron chi connectivity index (χ0n) is 9.95. The number of nitrogens with one attached hydrogen (secondary N) is 1. The number of carbonyl (C=O) groups is 2. The average molecular weight is 266 g/mol. The minimum absolute atomic E-state index is 0.0165. The summed E-state index contributed by atoms with van der Waals surface area (Å²) in [5.41, 5.74) is 5.06. The number of hydrogen-bond acceptors (Lipinski definition) is 2. The van der Waals surface area contributed by atoms with Crippen LogP contribution in [0, 0.1) is 24.0 Å². The van der Waals surface area contributed by atoms with Crippen LogP contribution in [0.1, 0.15) is 12.0 Å². The molecule has 0 unspecified atom stereocenters. The number of terminal acetylenes is 1. The number of amides is 2. The van der Waals surface area contributed by atoms with Crippen LogP contribution in [0.3, 0.4) is 0 Å². The summed E-state index contributed by atoms with van der Waals surface area (Å²) in [6.07, 6.45) is 4.64. The van der Waals surface area contributed by atoms with Gasteiger partial charge in [-0.15, -0.1) is 12.3 Å². The number of benzene rings is 1. The van der Waals surface area contributed by atoms with Gasteiger partial charge in [-0.05, 0) is 11.6 Å². The van der Waals surface area contributed by atoms with Crippen molar-refractivity contribution in [2.24, 2.45) is 5.73 Å². The Labute approximate surface area is 109 Å². The zero-order valence-corrected chi connectivity index (χ0v) is 9.95. The Hall–Kier alpha value is -2.42. The van der Waals surface area contributed by atoms with E-state index in [4.69, 9.17) is 12.2 Å². The van der Waals surface area contributed by atoms with Crippen molar-refractivity contribution in [3.8, 4) is 12.3 Å². The number of primary amides is 1. The van der Waals surface area contributed by atoms with Crippen molar-refractivity contribution < 1.29 is 18.4 Å². The second-order valence-electron chi connectivity index (χ2n) is 3.84. The summed E-state index contributed by atoms with van der Waals surface area (Å²) >= 11 is 0. The predicted molar refractivity (Wildman–Crippen MR) is 64.6 cm³/mol. The molecule has 4 nitrogen and oxygen atoms in total. The van der Waals surface area contributed by atoms with E-state index in [-0.39, 0.29) is 18.4 Å². The third kappa shape index (κ3) is 4.39. The highest BCUT2D eigenvalue weighted by Gasteiger charge is 2.17. The Balaban J connectivity index is 2.69. The normalized spacial score (nSPS) is 11.4. The third-order valence-corrected chi connectivity index (χ3v) is 2.37. The fraction of sp³-hybridized carbons (Fsp3) is 0.231. The van der Waals surface area contributed by atoms with Gasteiger partial charge in [0.1, 0.15) is 17.7 Å². The van der Waals surface area contributed by atoms with Crippen LogP contribution in [0.2, 0.25) is 0 Å². The molecule has 0 spiro atoms. The Morgan fingerprint density at radius 3 is 2.63 bits per heavy atom. The van der Waals surface area contributed by atoms with Crippen LogP contribution in [-0.2, 0) is 16.0 Å². The minimum atomic E-state index is -0.999. The fourth-order valence-electron chi connectivity index (χ4n) is 1.42. The van der Waals surface area contributed by atoms with Gasteiger partial charge in [0, 0.05) is 12.5 Å². The molecule has 0 radical (unpaired) electrons. The SMILES string of the molecule is C#CC[C@@H](NC(=O)Cc1ccc(F)cc1F)C(N)=O. The van der Waals surface area contributed by atoms with Gasteiger partial charge >= 0.3 is 0 Å². The van der Waals surface area contributed by atoms with E-state index in [0.717, 1.165) is 12.1 Å². The van der Waals surface area contributed by atoms with Crippen molar-refractivity contribution >= 4 is 11.8 Å². The van der Waals surface area contributed by atoms with Crippen LogP contribution in [0.4, 0.5) is 8.78 Å². The lowest BCUT2D eigenvalue weighted by atomic mass is 10.1. The van der Waals surface area contributed by atoms with Crippen LogP contribution < -0.4 is 11.1 Å². The van der Waals surface area contributed by atoms with Gasteiger partial charge in [-0.25, -0.2) is 8.78 Å². The second kappa shape index (κ2) is 6.50. The Morgan fingerprint density at radius 2 is 2.11 bits per heavy atom. The van der Waals surface area contributed by atoms with Gasteiger partial charge in [-0.1, -0.05) is 6.07 Å². The topological polar surface area (TPSA) is 72.2 Å². The van der Waals surface area contributed by atoms with Crippen LogP contribution in [-0.4, -0.2) is 17.9 Å². The highest BCUT2D eigenvalue weighted by atomic mass is 19.1. The summed E-state index contributed by atoms with van der Waals surface area (Å²) in [5.74, 6) is -0.758. The summed E-state index contributed by atoms with van der Waals surface area (Å²) in [6.45, 7) is 0. The number of halogens is 2. The molecule has 2 amide bonds. The van der Waals surface area contributed by atoms with E-state index in [1.54, 1.807) is 0 Å². The Kier molecular flexibility index (Phi) is 5.01. The first-order valence-corrected chi connectivity index (χ1v) is 5.40. The molecular weight excluding hydrogens is 254 g/mol. The summed E-state index contributed by atoms with van der Waals surface area (Å²) < 4.78 is 26.0. The predicted octanol–water partition coefficient (Wildman–Crippen LogP) is 0.501. The minimum Gasteiger partial charge on any atom is -0.368 e. The summed E-state index contributed by atoms with van der Waals surface area (Å²) in [4.78, 5) is 22.6. The maximum Gasteiger partial charge on any atom is 0.240 e. The molecule has 0 bridgehead atoms. The molecule has 1 rings (SSSR count). The third-order valence-electron chi connectivity index (χ3n) is 2.37. The van der Waals surface area contributed by atoms with Crippen molar-refractivity contribution in [3.05, 3.63) is 35.4 Å². The van der Waals surface area contributed by atoms with Crippen molar-refractivity contribution in [3.63, 3.8) is 0 Å². The van der Waals surface area contributed by atoms with Gasteiger partial charge in [0.05, 0.1) is 6.42 Å². The number of hydrogen-bond donors (Lipinski definition) is 2. The maximum atomic E-state index is 13.3. The van der Waals surface area contributed by atoms with Crippen molar-refractivity contribution in [1.82, 2.24) is 5.32 Å². The molecule has 0 saturated heterocycles. The molecule has 0 saturated carbocycles. The van der Waals surface area contributed by atoms with Crippen molar-refractivity contribution in [2.45, 2.75) is 18.9 Å². The van der Waals surface area contributed by atoms with Crippen molar-refractivity contribution in [2.75, 3.05) is 0 Å². The van der Waals surface area contributed by atoms with E-state index < -0.39 is 29.5 Å². The number of carbonyl (C=O) groups excluding carboxylic acids is 2. The molecule has 0 aromatic heterocycles. The van der Waals surface area contributed by atoms with Crippen LogP contribution in [0.15, 0.2) is 18.2 Å². The van der Waals surface area contributed by atoms with E-state index in [2.05, 4.69) is 11.2 Å². The monoisotopic (exact) mass is 266 g/mol. The first-order valence-electron chi connectivity index (χ1n) is 5.40. The molecule has 1 aromatic carbocycles. The van der Waals surface area contributed by atoms with Gasteiger partial charge in [0.25, 0.3) is 0 Å². The summed E-state index contributed by atoms with van der Waals surface area (Å²) in [7, 11) is 0. The molecule has 100 valence electrons. The molecule has 0 fully saturated rings. The van der Waals surface area contributed by atoms with E-state index >= 15 is 0 Å². The van der Waals surface area contributed by atoms with E-state index in [1.807, 2.05) is 0 Å². The van der Waals surface area contributed by atoms with Gasteiger partial charge in [-0.2, -0.15) is 0 Å². The summed E-state index contributed by atoms with van der Waals surface area (Å²) in [6, 6.07) is 1.87. The average Bonchev–Trinajstić information content (AvgIpc) is 2.32. The van der Waals surface area contributed by atoms with E-state index in [9.17, 15) is 18.4 Å². The zero-order chi connectivity index (χ0) is 14.4. The largest absolute Gasteiger partial charge is 0.368 e. The Morgan fingerprint density at radius 1 is 1.42 bits per heavy atom. The molecule has 1 atom stereocenters.